The van der Waals surface area contributed by atoms with Crippen LogP contribution in [0.3, 0.4) is 0 Å². The van der Waals surface area contributed by atoms with Gasteiger partial charge in [-0.15, -0.1) is 0 Å². The largest absolute Gasteiger partial charge is 0.462 e. The fraction of sp³-hybridized carbons (Fsp3) is 0.350. The molecule has 1 saturated heterocycles. The summed E-state index contributed by atoms with van der Waals surface area (Å²) < 4.78 is 12.3. The van der Waals surface area contributed by atoms with Crippen molar-refractivity contribution in [1.82, 2.24) is 0 Å². The van der Waals surface area contributed by atoms with Gasteiger partial charge in [-0.1, -0.05) is 28.1 Å². The van der Waals surface area contributed by atoms with E-state index in [-0.39, 0.29) is 18.1 Å². The molecule has 0 radical (unpaired) electrons. The number of rotatable bonds is 3. The lowest BCUT2D eigenvalue weighted by atomic mass is 9.80. The van der Waals surface area contributed by atoms with Gasteiger partial charge in [-0.3, -0.25) is 0 Å². The molecule has 0 amide bonds. The fourth-order valence-corrected chi connectivity index (χ4v) is 4.08. The number of carbonyl (C=O) groups excluding carboxylic acids is 1. The highest BCUT2D eigenvalue weighted by Gasteiger charge is 2.41. The molecular weight excluding hydrogens is 382 g/mol. The van der Waals surface area contributed by atoms with E-state index in [1.165, 1.54) is 5.56 Å². The highest BCUT2D eigenvalue weighted by molar-refractivity contribution is 9.10. The lowest BCUT2D eigenvalue weighted by molar-refractivity contribution is 0.0525. The van der Waals surface area contributed by atoms with E-state index in [1.54, 1.807) is 0 Å². The normalized spacial score (nSPS) is 24.2. The highest BCUT2D eigenvalue weighted by Crippen LogP contribution is 2.50. The van der Waals surface area contributed by atoms with E-state index in [4.69, 9.17) is 9.47 Å². The summed E-state index contributed by atoms with van der Waals surface area (Å²) >= 11 is 3.50. The molecule has 2 aromatic rings. The van der Waals surface area contributed by atoms with Crippen molar-refractivity contribution in [3.05, 3.63) is 63.6 Å². The predicted molar refractivity (Wildman–Crippen MR) is 99.7 cm³/mol. The van der Waals surface area contributed by atoms with Crippen molar-refractivity contribution in [3.63, 3.8) is 0 Å². The Bertz CT molecular complexity index is 790. The number of hydrogen-bond donors (Lipinski definition) is 1. The average molecular weight is 402 g/mol. The smallest absolute Gasteiger partial charge is 0.338 e. The van der Waals surface area contributed by atoms with Crippen LogP contribution in [-0.2, 0) is 9.47 Å². The Balaban J connectivity index is 1.70. The molecule has 2 aromatic carbocycles. The van der Waals surface area contributed by atoms with E-state index in [9.17, 15) is 4.79 Å². The maximum absolute atomic E-state index is 12.1. The average Bonchev–Trinajstić information content (AvgIpc) is 3.11. The molecule has 25 heavy (non-hydrogen) atoms. The summed E-state index contributed by atoms with van der Waals surface area (Å²) in [6.07, 6.45) is 1.01. The van der Waals surface area contributed by atoms with Gasteiger partial charge in [0, 0.05) is 28.2 Å². The third kappa shape index (κ3) is 3.07. The maximum Gasteiger partial charge on any atom is 0.338 e. The van der Waals surface area contributed by atoms with Crippen molar-refractivity contribution >= 4 is 27.6 Å². The number of hydrogen-bond acceptors (Lipinski definition) is 4. The number of fused-ring (bicyclic) bond motifs is 3. The quantitative estimate of drug-likeness (QED) is 0.745. The van der Waals surface area contributed by atoms with Crippen LogP contribution in [0.1, 0.15) is 47.0 Å². The SMILES string of the molecule is CCOC(=O)c1ccc2c(c1)[C@@H]1OCC[C@@H]1[C@H](c1ccc(Br)cc1)N2. The lowest BCUT2D eigenvalue weighted by Gasteiger charge is -2.36. The molecule has 1 N–H and O–H groups in total. The monoisotopic (exact) mass is 401 g/mol. The molecule has 2 aliphatic rings. The molecule has 4 rings (SSSR count). The molecule has 0 bridgehead atoms. The zero-order valence-electron chi connectivity index (χ0n) is 14.0. The minimum absolute atomic E-state index is 0.0132. The van der Waals surface area contributed by atoms with Crippen LogP contribution in [0.5, 0.6) is 0 Å². The second kappa shape index (κ2) is 6.81. The Morgan fingerprint density at radius 1 is 1.28 bits per heavy atom. The topological polar surface area (TPSA) is 47.6 Å². The van der Waals surface area contributed by atoms with Crippen LogP contribution >= 0.6 is 15.9 Å². The van der Waals surface area contributed by atoms with Crippen LogP contribution in [0.4, 0.5) is 5.69 Å². The molecule has 0 unspecified atom stereocenters. The molecule has 3 atom stereocenters. The van der Waals surface area contributed by atoms with E-state index in [0.29, 0.717) is 18.1 Å². The van der Waals surface area contributed by atoms with Crippen LogP contribution in [0.2, 0.25) is 0 Å². The van der Waals surface area contributed by atoms with Crippen LogP contribution in [0, 0.1) is 5.92 Å². The van der Waals surface area contributed by atoms with Crippen molar-refractivity contribution in [2.24, 2.45) is 5.92 Å². The summed E-state index contributed by atoms with van der Waals surface area (Å²) in [5, 5.41) is 3.65. The van der Waals surface area contributed by atoms with E-state index in [2.05, 4.69) is 45.5 Å². The second-order valence-electron chi connectivity index (χ2n) is 6.44. The Labute approximate surface area is 155 Å². The minimum atomic E-state index is -0.283. The van der Waals surface area contributed by atoms with Crippen LogP contribution < -0.4 is 5.32 Å². The van der Waals surface area contributed by atoms with Crippen molar-refractivity contribution in [3.8, 4) is 0 Å². The standard InChI is InChI=1S/C20H20BrNO3/c1-2-24-20(23)13-5-8-17-16(11-13)19-15(9-10-25-19)18(22-17)12-3-6-14(21)7-4-12/h3-8,11,15,18-19,22H,2,9-10H2,1H3/t15-,18+,19-/m1/s1. The Morgan fingerprint density at radius 3 is 2.84 bits per heavy atom. The summed E-state index contributed by atoms with van der Waals surface area (Å²) in [6, 6.07) is 14.3. The molecule has 0 spiro atoms. The zero-order chi connectivity index (χ0) is 17.4. The van der Waals surface area contributed by atoms with Gasteiger partial charge in [-0.2, -0.15) is 0 Å². The van der Waals surface area contributed by atoms with Gasteiger partial charge in [-0.25, -0.2) is 4.79 Å². The zero-order valence-corrected chi connectivity index (χ0v) is 15.6. The molecule has 2 heterocycles. The molecule has 0 saturated carbocycles. The second-order valence-corrected chi connectivity index (χ2v) is 7.36. The number of nitrogens with one attached hydrogen (secondary N) is 1. The summed E-state index contributed by atoms with van der Waals surface area (Å²) in [4.78, 5) is 12.1. The van der Waals surface area contributed by atoms with E-state index >= 15 is 0 Å². The minimum Gasteiger partial charge on any atom is -0.462 e. The first-order valence-electron chi connectivity index (χ1n) is 8.62. The number of benzene rings is 2. The van der Waals surface area contributed by atoms with Gasteiger partial charge < -0.3 is 14.8 Å². The first kappa shape index (κ1) is 16.6. The van der Waals surface area contributed by atoms with Crippen molar-refractivity contribution in [1.29, 1.82) is 0 Å². The summed E-state index contributed by atoms with van der Waals surface area (Å²) in [6.45, 7) is 2.94. The summed E-state index contributed by atoms with van der Waals surface area (Å²) in [5.41, 5.74) is 3.92. The summed E-state index contributed by atoms with van der Waals surface area (Å²) in [5.74, 6) is 0.0704. The first-order valence-corrected chi connectivity index (χ1v) is 9.41. The molecule has 4 nitrogen and oxygen atoms in total. The van der Waals surface area contributed by atoms with Gasteiger partial charge in [0.15, 0.2) is 0 Å². The van der Waals surface area contributed by atoms with Gasteiger partial charge in [0.2, 0.25) is 0 Å². The third-order valence-electron chi connectivity index (χ3n) is 4.97. The fourth-order valence-electron chi connectivity index (χ4n) is 3.81. The number of esters is 1. The maximum atomic E-state index is 12.1. The molecular formula is C20H20BrNO3. The van der Waals surface area contributed by atoms with Gasteiger partial charge in [-0.05, 0) is 49.2 Å². The van der Waals surface area contributed by atoms with Gasteiger partial charge >= 0.3 is 5.97 Å². The third-order valence-corrected chi connectivity index (χ3v) is 5.50. The predicted octanol–water partition coefficient (Wildman–Crippen LogP) is 4.87. The van der Waals surface area contributed by atoms with Gasteiger partial charge in [0.1, 0.15) is 0 Å². The molecule has 130 valence electrons. The van der Waals surface area contributed by atoms with Crippen LogP contribution in [0.25, 0.3) is 0 Å². The van der Waals surface area contributed by atoms with Gasteiger partial charge in [0.25, 0.3) is 0 Å². The molecule has 5 heteroatoms. The van der Waals surface area contributed by atoms with Gasteiger partial charge in [0.05, 0.1) is 24.3 Å². The molecule has 2 aliphatic heterocycles. The number of anilines is 1. The van der Waals surface area contributed by atoms with Crippen molar-refractivity contribution in [2.75, 3.05) is 18.5 Å². The van der Waals surface area contributed by atoms with Crippen LogP contribution in [0.15, 0.2) is 46.9 Å². The molecule has 1 fully saturated rings. The summed E-state index contributed by atoms with van der Waals surface area (Å²) in [7, 11) is 0. The van der Waals surface area contributed by atoms with Crippen molar-refractivity contribution in [2.45, 2.75) is 25.5 Å². The number of ether oxygens (including phenoxy) is 2. The van der Waals surface area contributed by atoms with E-state index < -0.39 is 0 Å². The van der Waals surface area contributed by atoms with E-state index in [0.717, 1.165) is 28.8 Å². The van der Waals surface area contributed by atoms with Crippen molar-refractivity contribution < 1.29 is 14.3 Å². The Hall–Kier alpha value is -1.85. The number of carbonyl (C=O) groups is 1. The van der Waals surface area contributed by atoms with E-state index in [1.807, 2.05) is 25.1 Å². The first-order chi connectivity index (χ1) is 12.2. The number of halogens is 1. The van der Waals surface area contributed by atoms with Crippen LogP contribution in [-0.4, -0.2) is 19.2 Å². The Kier molecular flexibility index (Phi) is 4.52. The lowest BCUT2D eigenvalue weighted by Crippen LogP contribution is -2.29. The molecule has 0 aliphatic carbocycles. The Morgan fingerprint density at radius 2 is 2.08 bits per heavy atom. The molecule has 0 aromatic heterocycles. The highest BCUT2D eigenvalue weighted by atomic mass is 79.9.